The summed E-state index contributed by atoms with van der Waals surface area (Å²) in [5, 5.41) is 6.11. The fraction of sp³-hybridized carbons (Fsp3) is 0.429. The van der Waals surface area contributed by atoms with Gasteiger partial charge in [-0.3, -0.25) is 4.79 Å². The molecule has 0 radical (unpaired) electrons. The quantitative estimate of drug-likeness (QED) is 0.292. The first-order valence-electron chi connectivity index (χ1n) is 12.3. The molecule has 0 aliphatic carbocycles. The second-order valence-electron chi connectivity index (χ2n) is 9.68. The predicted molar refractivity (Wildman–Crippen MR) is 155 cm³/mol. The lowest BCUT2D eigenvalue weighted by Gasteiger charge is -2.36. The van der Waals surface area contributed by atoms with Crippen molar-refractivity contribution in [1.82, 2.24) is 9.88 Å². The van der Waals surface area contributed by atoms with Crippen LogP contribution in [-0.4, -0.2) is 46.4 Å². The van der Waals surface area contributed by atoms with Crippen molar-refractivity contribution in [2.24, 2.45) is 0 Å². The zero-order chi connectivity index (χ0) is 24.8. The van der Waals surface area contributed by atoms with E-state index >= 15 is 0 Å². The first kappa shape index (κ1) is 26.3. The van der Waals surface area contributed by atoms with Gasteiger partial charge >= 0.3 is 0 Å². The van der Waals surface area contributed by atoms with Crippen molar-refractivity contribution in [1.29, 1.82) is 0 Å². The number of benzene rings is 2. The maximum atomic E-state index is 13.1. The highest BCUT2D eigenvalue weighted by Crippen LogP contribution is 2.36. The van der Waals surface area contributed by atoms with Crippen LogP contribution in [-0.2, 0) is 6.42 Å². The number of aromatic nitrogens is 1. The first-order chi connectivity index (χ1) is 16.9. The van der Waals surface area contributed by atoms with E-state index in [-0.39, 0.29) is 10.7 Å². The van der Waals surface area contributed by atoms with Crippen LogP contribution in [0.2, 0.25) is 0 Å². The van der Waals surface area contributed by atoms with Gasteiger partial charge in [-0.1, -0.05) is 71.0 Å². The van der Waals surface area contributed by atoms with Crippen molar-refractivity contribution < 1.29 is 4.79 Å². The van der Waals surface area contributed by atoms with E-state index in [0.717, 1.165) is 60.7 Å². The fourth-order valence-electron chi connectivity index (χ4n) is 4.66. The van der Waals surface area contributed by atoms with Gasteiger partial charge in [0.05, 0.1) is 5.01 Å². The molecule has 2 aromatic carbocycles. The average Bonchev–Trinajstić information content (AvgIpc) is 3.35. The summed E-state index contributed by atoms with van der Waals surface area (Å²) < 4.78 is 0.257. The topological polar surface area (TPSA) is 45.2 Å². The van der Waals surface area contributed by atoms with Gasteiger partial charge in [0.2, 0.25) is 0 Å². The van der Waals surface area contributed by atoms with Gasteiger partial charge in [-0.15, -0.1) is 11.3 Å². The standard InChI is InChI=1S/C28H35N3OS3/c1-5-20-10-12-21(13-11-20)23-8-6-7-9-24(23)29-26(32)25-18-34-27(30-25)22-14-16-31(17-15-22)19-28(2,3)35-33-4/h6-13,18,22H,5,14-17,19H2,1-4H3,(H,29,32). The number of nitrogens with zero attached hydrogens (tertiary/aromatic N) is 2. The third-order valence-corrected chi connectivity index (χ3v) is 10.1. The molecule has 186 valence electrons. The van der Waals surface area contributed by atoms with Gasteiger partial charge < -0.3 is 10.2 Å². The van der Waals surface area contributed by atoms with Crippen molar-refractivity contribution in [2.45, 2.75) is 50.7 Å². The number of thiazole rings is 1. The van der Waals surface area contributed by atoms with E-state index in [1.165, 1.54) is 5.56 Å². The molecule has 7 heteroatoms. The Morgan fingerprint density at radius 3 is 2.54 bits per heavy atom. The molecule has 1 amide bonds. The number of likely N-dealkylation sites (tertiary alicyclic amines) is 1. The second-order valence-corrected chi connectivity index (χ2v) is 13.7. The molecular weight excluding hydrogens is 491 g/mol. The molecular formula is C28H35N3OS3. The van der Waals surface area contributed by atoms with Crippen LogP contribution in [0.1, 0.15) is 60.6 Å². The van der Waals surface area contributed by atoms with Gasteiger partial charge in [0.25, 0.3) is 5.91 Å². The number of carbonyl (C=O) groups is 1. The smallest absolute Gasteiger partial charge is 0.275 e. The summed E-state index contributed by atoms with van der Waals surface area (Å²) in [6.45, 7) is 10.1. The van der Waals surface area contributed by atoms with Crippen molar-refractivity contribution in [2.75, 3.05) is 31.2 Å². The number of hydrogen-bond acceptors (Lipinski definition) is 6. The molecule has 35 heavy (non-hydrogen) atoms. The Bertz CT molecular complexity index is 1120. The van der Waals surface area contributed by atoms with Crippen molar-refractivity contribution in [3.8, 4) is 11.1 Å². The minimum Gasteiger partial charge on any atom is -0.320 e. The number of nitrogens with one attached hydrogen (secondary N) is 1. The third kappa shape index (κ3) is 6.91. The molecule has 1 aliphatic heterocycles. The molecule has 0 unspecified atom stereocenters. The first-order valence-corrected chi connectivity index (χ1v) is 15.7. The zero-order valence-electron chi connectivity index (χ0n) is 21.0. The second kappa shape index (κ2) is 12.0. The van der Waals surface area contributed by atoms with Crippen molar-refractivity contribution in [3.05, 3.63) is 70.2 Å². The minimum atomic E-state index is -0.140. The number of carbonyl (C=O) groups excluding carboxylic acids is 1. The van der Waals surface area contributed by atoms with E-state index in [4.69, 9.17) is 4.98 Å². The molecule has 0 bridgehead atoms. The lowest BCUT2D eigenvalue weighted by atomic mass is 9.97. The number of hydrogen-bond donors (Lipinski definition) is 1. The summed E-state index contributed by atoms with van der Waals surface area (Å²) >= 11 is 1.62. The van der Waals surface area contributed by atoms with Crippen LogP contribution in [0.25, 0.3) is 11.1 Å². The predicted octanol–water partition coefficient (Wildman–Crippen LogP) is 7.59. The molecule has 1 aliphatic rings. The van der Waals surface area contributed by atoms with E-state index < -0.39 is 0 Å². The Hall–Kier alpha value is -1.80. The monoisotopic (exact) mass is 525 g/mol. The summed E-state index contributed by atoms with van der Waals surface area (Å²) in [7, 11) is 3.80. The highest BCUT2D eigenvalue weighted by Gasteiger charge is 2.28. The largest absolute Gasteiger partial charge is 0.320 e. The Balaban J connectivity index is 1.38. The summed E-state index contributed by atoms with van der Waals surface area (Å²) in [5.41, 5.74) is 4.76. The molecule has 0 saturated carbocycles. The number of amides is 1. The molecule has 4 rings (SSSR count). The number of piperidine rings is 1. The lowest BCUT2D eigenvalue weighted by Crippen LogP contribution is -2.40. The van der Waals surface area contributed by atoms with Crippen LogP contribution in [0.5, 0.6) is 0 Å². The van der Waals surface area contributed by atoms with Gasteiger partial charge in [-0.05, 0) is 69.6 Å². The minimum absolute atomic E-state index is 0.140. The van der Waals surface area contributed by atoms with Crippen LogP contribution in [0.15, 0.2) is 53.9 Å². The Morgan fingerprint density at radius 2 is 1.86 bits per heavy atom. The Morgan fingerprint density at radius 1 is 1.14 bits per heavy atom. The fourth-order valence-corrected chi connectivity index (χ4v) is 7.83. The van der Waals surface area contributed by atoms with E-state index in [1.54, 1.807) is 11.3 Å². The normalized spacial score (nSPS) is 15.3. The molecule has 1 saturated heterocycles. The van der Waals surface area contributed by atoms with Crippen LogP contribution in [0, 0.1) is 0 Å². The molecule has 1 aromatic heterocycles. The van der Waals surface area contributed by atoms with Gasteiger partial charge in [0.1, 0.15) is 5.69 Å². The SMILES string of the molecule is CCc1ccc(-c2ccccc2NC(=O)c2csc(C3CCN(CC(C)(C)SSC)CC3)n2)cc1. The molecule has 0 atom stereocenters. The Kier molecular flexibility index (Phi) is 8.97. The number of rotatable bonds is 9. The molecule has 0 spiro atoms. The average molecular weight is 526 g/mol. The maximum absolute atomic E-state index is 13.1. The molecule has 2 heterocycles. The third-order valence-electron chi connectivity index (χ3n) is 6.45. The molecule has 1 N–H and O–H groups in total. The lowest BCUT2D eigenvalue weighted by molar-refractivity contribution is 0.102. The number of anilines is 1. The van der Waals surface area contributed by atoms with Crippen LogP contribution in [0.4, 0.5) is 5.69 Å². The molecule has 3 aromatic rings. The van der Waals surface area contributed by atoms with Crippen LogP contribution < -0.4 is 5.32 Å². The van der Waals surface area contributed by atoms with Gasteiger partial charge in [-0.2, -0.15) is 0 Å². The maximum Gasteiger partial charge on any atom is 0.275 e. The van der Waals surface area contributed by atoms with Crippen molar-refractivity contribution >= 4 is 44.5 Å². The van der Waals surface area contributed by atoms with Crippen LogP contribution in [0.3, 0.4) is 0 Å². The summed E-state index contributed by atoms with van der Waals surface area (Å²) in [5.74, 6) is 0.303. The van der Waals surface area contributed by atoms with Crippen LogP contribution >= 0.6 is 32.9 Å². The highest BCUT2D eigenvalue weighted by atomic mass is 33.1. The van der Waals surface area contributed by atoms with Crippen molar-refractivity contribution in [3.63, 3.8) is 0 Å². The highest BCUT2D eigenvalue weighted by molar-refractivity contribution is 8.76. The summed E-state index contributed by atoms with van der Waals surface area (Å²) in [4.78, 5) is 20.4. The van der Waals surface area contributed by atoms with E-state index in [2.05, 4.69) is 67.6 Å². The molecule has 4 nitrogen and oxygen atoms in total. The van der Waals surface area contributed by atoms with Gasteiger partial charge in [-0.25, -0.2) is 4.98 Å². The van der Waals surface area contributed by atoms with E-state index in [1.807, 2.05) is 45.2 Å². The van der Waals surface area contributed by atoms with Gasteiger partial charge in [0.15, 0.2) is 0 Å². The van der Waals surface area contributed by atoms with E-state index in [9.17, 15) is 4.79 Å². The van der Waals surface area contributed by atoms with Gasteiger partial charge in [0, 0.05) is 33.8 Å². The number of para-hydroxylation sites is 1. The zero-order valence-corrected chi connectivity index (χ0v) is 23.5. The molecule has 1 fully saturated rings. The number of aryl methyl sites for hydroxylation is 1. The van der Waals surface area contributed by atoms with E-state index in [0.29, 0.717) is 11.6 Å². The summed E-state index contributed by atoms with van der Waals surface area (Å²) in [6, 6.07) is 16.5. The summed E-state index contributed by atoms with van der Waals surface area (Å²) in [6.07, 6.45) is 5.37. The Labute approximate surface area is 221 Å².